The zero-order valence-electron chi connectivity index (χ0n) is 21.4. The van der Waals surface area contributed by atoms with Crippen molar-refractivity contribution in [3.05, 3.63) is 53.1 Å². The van der Waals surface area contributed by atoms with Gasteiger partial charge in [-0.05, 0) is 49.4 Å². The van der Waals surface area contributed by atoms with E-state index in [1.54, 1.807) is 6.20 Å². The van der Waals surface area contributed by atoms with E-state index in [0.717, 1.165) is 49.6 Å². The zero-order chi connectivity index (χ0) is 26.1. The first-order valence-electron chi connectivity index (χ1n) is 12.8. The molecule has 0 saturated carbocycles. The van der Waals surface area contributed by atoms with Crippen LogP contribution in [0.25, 0.3) is 0 Å². The third-order valence-corrected chi connectivity index (χ3v) is 7.23. The van der Waals surface area contributed by atoms with Gasteiger partial charge in [-0.2, -0.15) is 4.98 Å². The van der Waals surface area contributed by atoms with Gasteiger partial charge in [0, 0.05) is 44.1 Å². The van der Waals surface area contributed by atoms with Crippen molar-refractivity contribution >= 4 is 12.0 Å². The maximum absolute atomic E-state index is 14.3. The molecule has 2 aliphatic heterocycles. The maximum atomic E-state index is 14.3. The number of aromatic nitrogens is 4. The molecule has 2 atom stereocenters. The Bertz CT molecular complexity index is 1230. The molecule has 9 nitrogen and oxygen atoms in total. The van der Waals surface area contributed by atoms with Gasteiger partial charge < -0.3 is 24.8 Å². The Morgan fingerprint density at radius 3 is 2.62 bits per heavy atom. The Morgan fingerprint density at radius 1 is 1.14 bits per heavy atom. The van der Waals surface area contributed by atoms with Crippen molar-refractivity contribution in [1.82, 2.24) is 20.1 Å². The summed E-state index contributed by atoms with van der Waals surface area (Å²) in [6.07, 6.45) is 3.60. The predicted molar refractivity (Wildman–Crippen MR) is 135 cm³/mol. The molecule has 0 radical (unpaired) electrons. The Kier molecular flexibility index (Phi) is 7.23. The lowest BCUT2D eigenvalue weighted by Crippen LogP contribution is -2.35. The molecule has 5 rings (SSSR count). The summed E-state index contributed by atoms with van der Waals surface area (Å²) in [7, 11) is 0. The van der Waals surface area contributed by atoms with Gasteiger partial charge >= 0.3 is 6.01 Å². The number of benzene rings is 1. The molecule has 2 unspecified atom stereocenters. The summed E-state index contributed by atoms with van der Waals surface area (Å²) in [6, 6.07) is 3.71. The highest BCUT2D eigenvalue weighted by molar-refractivity contribution is 5.41. The molecular formula is C26H33F2N7O2. The van der Waals surface area contributed by atoms with Crippen molar-refractivity contribution in [2.24, 2.45) is 11.7 Å². The highest BCUT2D eigenvalue weighted by atomic mass is 19.1. The molecule has 0 amide bonds. The summed E-state index contributed by atoms with van der Waals surface area (Å²) in [4.78, 5) is 17.6. The van der Waals surface area contributed by atoms with Gasteiger partial charge in [-0.15, -0.1) is 0 Å². The first-order chi connectivity index (χ1) is 17.8. The van der Waals surface area contributed by atoms with Crippen molar-refractivity contribution in [2.45, 2.75) is 51.5 Å². The van der Waals surface area contributed by atoms with E-state index >= 15 is 0 Å². The van der Waals surface area contributed by atoms with Crippen LogP contribution in [-0.4, -0.2) is 58.9 Å². The largest absolute Gasteiger partial charge is 0.490 e. The molecule has 2 aromatic heterocycles. The molecule has 1 aromatic carbocycles. The highest BCUT2D eigenvalue weighted by Crippen LogP contribution is 2.32. The summed E-state index contributed by atoms with van der Waals surface area (Å²) >= 11 is 0. The third-order valence-electron chi connectivity index (χ3n) is 7.23. The number of hydrogen-bond acceptors (Lipinski definition) is 9. The van der Waals surface area contributed by atoms with Crippen molar-refractivity contribution in [1.29, 1.82) is 0 Å². The van der Waals surface area contributed by atoms with Crippen molar-refractivity contribution in [3.63, 3.8) is 0 Å². The number of hydrogen-bond donors (Lipinski definition) is 1. The van der Waals surface area contributed by atoms with E-state index < -0.39 is 11.6 Å². The van der Waals surface area contributed by atoms with Crippen molar-refractivity contribution < 1.29 is 18.0 Å². The minimum atomic E-state index is -0.476. The van der Waals surface area contributed by atoms with Crippen molar-refractivity contribution in [3.8, 4) is 5.75 Å². The molecule has 0 aliphatic carbocycles. The second kappa shape index (κ2) is 10.6. The zero-order valence-corrected chi connectivity index (χ0v) is 21.4. The predicted octanol–water partition coefficient (Wildman–Crippen LogP) is 3.80. The number of ether oxygens (including phenoxy) is 1. The highest BCUT2D eigenvalue weighted by Gasteiger charge is 2.34. The first-order valence-corrected chi connectivity index (χ1v) is 12.8. The molecule has 4 heterocycles. The van der Waals surface area contributed by atoms with Crippen LogP contribution in [0.15, 0.2) is 28.9 Å². The fourth-order valence-corrected chi connectivity index (χ4v) is 4.95. The summed E-state index contributed by atoms with van der Waals surface area (Å²) in [5, 5.41) is 4.05. The van der Waals surface area contributed by atoms with Gasteiger partial charge in [0.1, 0.15) is 11.6 Å². The molecule has 11 heteroatoms. The average molecular weight is 514 g/mol. The molecule has 0 spiro atoms. The number of rotatable bonds is 7. The molecule has 2 fully saturated rings. The average Bonchev–Trinajstić information content (AvgIpc) is 3.53. The van der Waals surface area contributed by atoms with Crippen LogP contribution >= 0.6 is 0 Å². The maximum Gasteiger partial charge on any atom is 0.324 e. The normalized spacial score (nSPS) is 20.7. The monoisotopic (exact) mass is 513 g/mol. The van der Waals surface area contributed by atoms with Crippen LogP contribution < -0.4 is 20.3 Å². The van der Waals surface area contributed by atoms with E-state index in [9.17, 15) is 8.78 Å². The Morgan fingerprint density at radius 2 is 1.92 bits per heavy atom. The topological polar surface area (TPSA) is 106 Å². The molecule has 37 heavy (non-hydrogen) atoms. The van der Waals surface area contributed by atoms with Crippen LogP contribution in [0, 0.1) is 24.5 Å². The van der Waals surface area contributed by atoms with Gasteiger partial charge in [0.25, 0.3) is 0 Å². The summed E-state index contributed by atoms with van der Waals surface area (Å²) in [5.74, 6) is 1.25. The van der Waals surface area contributed by atoms with E-state index in [1.807, 2.05) is 25.7 Å². The fraction of sp³-hybridized carbons (Fsp3) is 0.538. The molecule has 2 aliphatic rings. The molecule has 2 N–H and O–H groups in total. The van der Waals surface area contributed by atoms with Crippen LogP contribution in [0.4, 0.5) is 20.7 Å². The fourth-order valence-electron chi connectivity index (χ4n) is 4.95. The van der Waals surface area contributed by atoms with Crippen LogP contribution in [0.3, 0.4) is 0 Å². The van der Waals surface area contributed by atoms with Gasteiger partial charge in [0.2, 0.25) is 5.95 Å². The van der Waals surface area contributed by atoms with E-state index in [4.69, 9.17) is 15.0 Å². The van der Waals surface area contributed by atoms with E-state index in [2.05, 4.69) is 25.0 Å². The van der Waals surface area contributed by atoms with Gasteiger partial charge in [-0.3, -0.25) is 0 Å². The number of halogens is 2. The third kappa shape index (κ3) is 5.51. The lowest BCUT2D eigenvalue weighted by molar-refractivity contribution is 0.217. The standard InChI is InChI=1S/C26H33F2N7O2/c1-15(2)24-32-26(37-33-24)34-8-6-17(7-9-34)14-36-23-11-30-25(31-16(23)3)35-12-20(22(29)13-35)19-10-18(27)4-5-21(19)28/h4-5,10-11,15,17,20,22H,6-9,12-14,29H2,1-3H3. The van der Waals surface area contributed by atoms with Crippen LogP contribution in [0.5, 0.6) is 5.75 Å². The van der Waals surface area contributed by atoms with Gasteiger partial charge in [-0.1, -0.05) is 19.0 Å². The second-order valence-corrected chi connectivity index (χ2v) is 10.3. The molecule has 0 bridgehead atoms. The lowest BCUT2D eigenvalue weighted by atomic mass is 9.94. The van der Waals surface area contributed by atoms with Gasteiger partial charge in [-0.25, -0.2) is 18.7 Å². The lowest BCUT2D eigenvalue weighted by Gasteiger charge is -2.30. The van der Waals surface area contributed by atoms with Gasteiger partial charge in [0.05, 0.1) is 18.5 Å². The Hall–Kier alpha value is -3.34. The molecule has 198 valence electrons. The van der Waals surface area contributed by atoms with Crippen LogP contribution in [-0.2, 0) is 0 Å². The first kappa shape index (κ1) is 25.3. The van der Waals surface area contributed by atoms with E-state index in [1.165, 1.54) is 6.07 Å². The van der Waals surface area contributed by atoms with E-state index in [0.29, 0.717) is 43.3 Å². The summed E-state index contributed by atoms with van der Waals surface area (Å²) in [5.41, 5.74) is 7.30. The molecule has 3 aromatic rings. The number of nitrogens with zero attached hydrogens (tertiary/aromatic N) is 6. The SMILES string of the molecule is Cc1nc(N2CC(N)C(c3cc(F)ccc3F)C2)ncc1OCC1CCN(c2nc(C(C)C)no2)CC1. The second-order valence-electron chi connectivity index (χ2n) is 10.3. The summed E-state index contributed by atoms with van der Waals surface area (Å²) in [6.45, 7) is 9.09. The molecule has 2 saturated heterocycles. The van der Waals surface area contributed by atoms with Crippen molar-refractivity contribution in [2.75, 3.05) is 42.6 Å². The summed E-state index contributed by atoms with van der Waals surface area (Å²) < 4.78 is 39.5. The van der Waals surface area contributed by atoms with Gasteiger partial charge in [0.15, 0.2) is 11.6 Å². The smallest absolute Gasteiger partial charge is 0.324 e. The number of anilines is 2. The number of aryl methyl sites for hydroxylation is 1. The Balaban J connectivity index is 1.15. The number of piperidine rings is 1. The minimum absolute atomic E-state index is 0.236. The van der Waals surface area contributed by atoms with Crippen LogP contribution in [0.2, 0.25) is 0 Å². The number of nitrogens with two attached hydrogens (primary N) is 1. The quantitative estimate of drug-likeness (QED) is 0.505. The Labute approximate surface area is 215 Å². The minimum Gasteiger partial charge on any atom is -0.490 e. The molecular weight excluding hydrogens is 480 g/mol. The van der Waals surface area contributed by atoms with E-state index in [-0.39, 0.29) is 23.4 Å². The van der Waals surface area contributed by atoms with Crippen LogP contribution in [0.1, 0.15) is 55.6 Å².